The van der Waals surface area contributed by atoms with Crippen LogP contribution in [-0.4, -0.2) is 21.9 Å². The Balaban J connectivity index is 2.30. The van der Waals surface area contributed by atoms with E-state index in [1.54, 1.807) is 0 Å². The van der Waals surface area contributed by atoms with Gasteiger partial charge in [-0.15, -0.1) is 4.73 Å². The van der Waals surface area contributed by atoms with Crippen molar-refractivity contribution in [2.24, 2.45) is 0 Å². The Morgan fingerprint density at radius 3 is 2.07 bits per heavy atom. The number of pyridine rings is 1. The Hall–Kier alpha value is -2.16. The van der Waals surface area contributed by atoms with Crippen molar-refractivity contribution in [2.45, 2.75) is 39.5 Å². The average Bonchev–Trinajstić information content (AvgIpc) is 2.62. The number of hydrogen-bond donors (Lipinski definition) is 2. The number of nitrogens with zero attached hydrogens (tertiary/aromatic N) is 3. The molecule has 2 aromatic rings. The van der Waals surface area contributed by atoms with Crippen LogP contribution in [0.4, 0.5) is 10.5 Å². The minimum Gasteiger partial charge on any atom is -0.616 e. The Kier molecular flexibility index (Phi) is 7.03. The number of carbonyl (C=O) groups is 2. The van der Waals surface area contributed by atoms with Gasteiger partial charge in [-0.2, -0.15) is 0 Å². The van der Waals surface area contributed by atoms with E-state index in [0.29, 0.717) is 17.1 Å². The van der Waals surface area contributed by atoms with Crippen LogP contribution < -0.4 is 15.4 Å². The average molecular weight is 447 g/mol. The molecular weight excluding hydrogens is 429 g/mol. The van der Waals surface area contributed by atoms with Crippen molar-refractivity contribution in [3.05, 3.63) is 49.9 Å². The van der Waals surface area contributed by atoms with E-state index in [1.165, 1.54) is 6.33 Å². The van der Waals surface area contributed by atoms with Gasteiger partial charge in [0.1, 0.15) is 16.9 Å². The summed E-state index contributed by atoms with van der Waals surface area (Å²) >= 11 is 17.3. The normalized spacial score (nSPS) is 11.0. The van der Waals surface area contributed by atoms with Crippen LogP contribution in [0.2, 0.25) is 15.3 Å². The molecule has 0 aliphatic carbocycles. The molecule has 28 heavy (non-hydrogen) atoms. The number of amides is 3. The van der Waals surface area contributed by atoms with Crippen molar-refractivity contribution in [1.29, 1.82) is 0 Å². The Bertz CT molecular complexity index is 908. The van der Waals surface area contributed by atoms with Crippen LogP contribution in [0.3, 0.4) is 0 Å². The maximum atomic E-state index is 12.4. The summed E-state index contributed by atoms with van der Waals surface area (Å²) < 4.78 is 0.0943. The lowest BCUT2D eigenvalue weighted by molar-refractivity contribution is -0.600. The molecule has 0 aliphatic rings. The molecule has 0 saturated carbocycles. The number of carbonyl (C=O) groups excluding carboxylic acids is 2. The van der Waals surface area contributed by atoms with Crippen molar-refractivity contribution in [3.8, 4) is 0 Å². The van der Waals surface area contributed by atoms with Crippen molar-refractivity contribution in [1.82, 2.24) is 15.3 Å². The van der Waals surface area contributed by atoms with Crippen molar-refractivity contribution < 1.29 is 14.3 Å². The molecule has 0 atom stereocenters. The SMILES string of the molecule is CC(C)c1ncnc(C(C)C)c1NC(=O)NC(=O)c1cc(Cl)c(Cl)[n+]([O-])c1Cl. The van der Waals surface area contributed by atoms with Gasteiger partial charge in [0, 0.05) is 0 Å². The van der Waals surface area contributed by atoms with E-state index in [9.17, 15) is 14.8 Å². The van der Waals surface area contributed by atoms with E-state index in [2.05, 4.69) is 20.6 Å². The van der Waals surface area contributed by atoms with Crippen LogP contribution in [0, 0.1) is 5.21 Å². The van der Waals surface area contributed by atoms with Gasteiger partial charge >= 0.3 is 16.3 Å². The molecule has 0 fully saturated rings. The van der Waals surface area contributed by atoms with E-state index >= 15 is 0 Å². The minimum atomic E-state index is -0.917. The van der Waals surface area contributed by atoms with Crippen LogP contribution >= 0.6 is 34.8 Å². The second kappa shape index (κ2) is 8.89. The number of rotatable bonds is 4. The van der Waals surface area contributed by atoms with Crippen molar-refractivity contribution >= 4 is 52.4 Å². The summed E-state index contributed by atoms with van der Waals surface area (Å²) in [5.74, 6) is -0.898. The number of aromatic nitrogens is 3. The zero-order valence-corrected chi connectivity index (χ0v) is 17.8. The molecule has 150 valence electrons. The minimum absolute atomic E-state index is 0.00967. The first-order valence-corrected chi connectivity index (χ1v) is 9.42. The molecule has 0 unspecified atom stereocenters. The fourth-order valence-electron chi connectivity index (χ4n) is 2.43. The Morgan fingerprint density at radius 1 is 1.04 bits per heavy atom. The summed E-state index contributed by atoms with van der Waals surface area (Å²) in [5, 5.41) is 15.5. The van der Waals surface area contributed by atoms with Gasteiger partial charge in [0.25, 0.3) is 5.91 Å². The molecule has 11 heteroatoms. The molecule has 0 spiro atoms. The van der Waals surface area contributed by atoms with Gasteiger partial charge in [0.2, 0.25) is 0 Å². The topological polar surface area (TPSA) is 111 Å². The molecule has 0 bridgehead atoms. The van der Waals surface area contributed by atoms with E-state index < -0.39 is 17.1 Å². The van der Waals surface area contributed by atoms with Crippen LogP contribution in [0.1, 0.15) is 61.3 Å². The quantitative estimate of drug-likeness (QED) is 0.414. The summed E-state index contributed by atoms with van der Waals surface area (Å²) in [7, 11) is 0. The van der Waals surface area contributed by atoms with Gasteiger partial charge in [0.15, 0.2) is 0 Å². The zero-order chi connectivity index (χ0) is 21.2. The van der Waals surface area contributed by atoms with Gasteiger partial charge < -0.3 is 10.5 Å². The van der Waals surface area contributed by atoms with Gasteiger partial charge in [-0.3, -0.25) is 10.1 Å². The molecule has 2 heterocycles. The standard InChI is InChI=1S/C17H18Cl3N5O3/c1-7(2)11-13(12(8(3)4)22-6-21-11)23-17(27)24-16(26)9-5-10(18)15(20)25(28)14(9)19/h5-8H,1-4H3,(H2,23,24,26,27). The number of anilines is 1. The predicted molar refractivity (Wildman–Crippen MR) is 107 cm³/mol. The number of imide groups is 1. The molecule has 8 nitrogen and oxygen atoms in total. The Labute approximate surface area is 176 Å². The molecule has 0 radical (unpaired) electrons. The van der Waals surface area contributed by atoms with Crippen molar-refractivity contribution in [3.63, 3.8) is 0 Å². The number of halogens is 3. The summed E-state index contributed by atoms with van der Waals surface area (Å²) in [5.41, 5.74) is 1.40. The first-order chi connectivity index (χ1) is 13.0. The highest BCUT2D eigenvalue weighted by molar-refractivity contribution is 6.41. The van der Waals surface area contributed by atoms with E-state index in [-0.39, 0.29) is 32.3 Å². The van der Waals surface area contributed by atoms with E-state index in [4.69, 9.17) is 34.8 Å². The lowest BCUT2D eigenvalue weighted by Gasteiger charge is -2.18. The number of urea groups is 1. The zero-order valence-electron chi connectivity index (χ0n) is 15.5. The number of nitrogens with one attached hydrogen (secondary N) is 2. The third-order valence-corrected chi connectivity index (χ3v) is 4.86. The van der Waals surface area contributed by atoms with Gasteiger partial charge in [-0.05, 0) is 41.1 Å². The molecule has 0 aliphatic heterocycles. The highest BCUT2D eigenvalue weighted by Gasteiger charge is 2.25. The van der Waals surface area contributed by atoms with Gasteiger partial charge in [0.05, 0.1) is 17.1 Å². The lowest BCUT2D eigenvalue weighted by Crippen LogP contribution is -2.38. The lowest BCUT2D eigenvalue weighted by atomic mass is 10.0. The van der Waals surface area contributed by atoms with E-state index in [0.717, 1.165) is 6.07 Å². The third-order valence-electron chi connectivity index (χ3n) is 3.76. The first kappa shape index (κ1) is 22.1. The molecule has 2 N–H and O–H groups in total. The second-order valence-electron chi connectivity index (χ2n) is 6.52. The van der Waals surface area contributed by atoms with Crippen LogP contribution in [-0.2, 0) is 0 Å². The summed E-state index contributed by atoms with van der Waals surface area (Å²) in [6, 6.07) is 0.275. The monoisotopic (exact) mass is 445 g/mol. The van der Waals surface area contributed by atoms with Crippen LogP contribution in [0.25, 0.3) is 0 Å². The third kappa shape index (κ3) is 4.63. The maximum absolute atomic E-state index is 12.4. The molecule has 2 aromatic heterocycles. The smallest absolute Gasteiger partial charge is 0.326 e. The van der Waals surface area contributed by atoms with Gasteiger partial charge in [-0.1, -0.05) is 39.3 Å². The molecular formula is C17H18Cl3N5O3. The van der Waals surface area contributed by atoms with Gasteiger partial charge in [-0.25, -0.2) is 14.8 Å². The van der Waals surface area contributed by atoms with Crippen LogP contribution in [0.15, 0.2) is 12.4 Å². The summed E-state index contributed by atoms with van der Waals surface area (Å²) in [6.45, 7) is 7.68. The number of hydrogen-bond acceptors (Lipinski definition) is 5. The first-order valence-electron chi connectivity index (χ1n) is 8.28. The highest BCUT2D eigenvalue weighted by atomic mass is 35.5. The fraction of sp³-hybridized carbons (Fsp3) is 0.353. The highest BCUT2D eigenvalue weighted by Crippen LogP contribution is 2.29. The van der Waals surface area contributed by atoms with Crippen LogP contribution in [0.5, 0.6) is 0 Å². The maximum Gasteiger partial charge on any atom is 0.326 e. The molecule has 2 rings (SSSR count). The molecule has 0 aromatic carbocycles. The Morgan fingerprint density at radius 2 is 1.57 bits per heavy atom. The summed E-state index contributed by atoms with van der Waals surface area (Å²) in [4.78, 5) is 33.2. The fourth-order valence-corrected chi connectivity index (χ4v) is 3.02. The second-order valence-corrected chi connectivity index (χ2v) is 7.64. The van der Waals surface area contributed by atoms with E-state index in [1.807, 2.05) is 27.7 Å². The summed E-state index contributed by atoms with van der Waals surface area (Å²) in [6.07, 6.45) is 1.43. The molecule has 3 amide bonds. The molecule has 0 saturated heterocycles. The van der Waals surface area contributed by atoms with Crippen molar-refractivity contribution in [2.75, 3.05) is 5.32 Å². The largest absolute Gasteiger partial charge is 0.616 e. The predicted octanol–water partition coefficient (Wildman–Crippen LogP) is 4.28.